The van der Waals surface area contributed by atoms with Crippen molar-refractivity contribution in [2.45, 2.75) is 0 Å². The fraction of sp³-hybridized carbons (Fsp3) is 0. The topological polar surface area (TPSA) is 63.8 Å². The summed E-state index contributed by atoms with van der Waals surface area (Å²) in [6, 6.07) is 10.8. The van der Waals surface area contributed by atoms with Crippen LogP contribution in [-0.4, -0.2) is 25.1 Å². The number of hydrogen-bond acceptors (Lipinski definition) is 4. The first-order valence-electron chi connectivity index (χ1n) is 5.46. The molecule has 2 heterocycles. The van der Waals surface area contributed by atoms with Gasteiger partial charge in [-0.2, -0.15) is 15.0 Å². The molecule has 2 aromatic heterocycles. The van der Waals surface area contributed by atoms with Crippen LogP contribution < -0.4 is 0 Å². The molecule has 3 rings (SSSR count). The van der Waals surface area contributed by atoms with E-state index in [1.54, 1.807) is 30.7 Å². The number of hydrogen-bond donors (Lipinski definition) is 1. The van der Waals surface area contributed by atoms with E-state index < -0.39 is 0 Å². The van der Waals surface area contributed by atoms with Gasteiger partial charge in [-0.05, 0) is 24.3 Å². The summed E-state index contributed by atoms with van der Waals surface area (Å²) in [6.45, 7) is 0. The van der Waals surface area contributed by atoms with Crippen LogP contribution in [-0.2, 0) is 0 Å². The molecular formula is C13H10N4O. The lowest BCUT2D eigenvalue weighted by molar-refractivity contribution is 0.477. The fourth-order valence-electron chi connectivity index (χ4n) is 1.70. The maximum Gasteiger partial charge on any atom is 0.124 e. The zero-order valence-corrected chi connectivity index (χ0v) is 9.43. The number of phenolic OH excluding ortho intramolecular Hbond substituents is 1. The number of aromatic hydroxyl groups is 1. The van der Waals surface area contributed by atoms with Crippen molar-refractivity contribution in [3.05, 3.63) is 55.0 Å². The number of rotatable bonds is 2. The number of pyridine rings is 1. The van der Waals surface area contributed by atoms with Crippen molar-refractivity contribution in [2.24, 2.45) is 0 Å². The summed E-state index contributed by atoms with van der Waals surface area (Å²) in [5.41, 5.74) is 2.20. The minimum Gasteiger partial charge on any atom is -0.507 e. The summed E-state index contributed by atoms with van der Waals surface area (Å²) in [5, 5.41) is 17.8. The number of nitrogens with zero attached hydrogens (tertiary/aromatic N) is 4. The smallest absolute Gasteiger partial charge is 0.124 e. The molecule has 3 aromatic rings. The number of aromatic nitrogens is 4. The Bertz CT molecular complexity index is 647. The second kappa shape index (κ2) is 4.29. The fourth-order valence-corrected chi connectivity index (χ4v) is 1.70. The van der Waals surface area contributed by atoms with Crippen LogP contribution in [0.5, 0.6) is 5.75 Å². The summed E-state index contributed by atoms with van der Waals surface area (Å²) < 4.78 is 0. The van der Waals surface area contributed by atoms with Crippen molar-refractivity contribution in [3.8, 4) is 22.7 Å². The first-order chi connectivity index (χ1) is 8.84. The zero-order chi connectivity index (χ0) is 12.4. The summed E-state index contributed by atoms with van der Waals surface area (Å²) in [7, 11) is 0. The molecular weight excluding hydrogens is 228 g/mol. The molecule has 1 aromatic carbocycles. The molecule has 0 aliphatic heterocycles. The Kier molecular flexibility index (Phi) is 2.49. The first-order valence-corrected chi connectivity index (χ1v) is 5.46. The summed E-state index contributed by atoms with van der Waals surface area (Å²) in [6.07, 6.45) is 4.88. The van der Waals surface area contributed by atoms with Gasteiger partial charge in [-0.3, -0.25) is 4.98 Å². The van der Waals surface area contributed by atoms with Gasteiger partial charge in [0.1, 0.15) is 11.4 Å². The summed E-state index contributed by atoms with van der Waals surface area (Å²) in [4.78, 5) is 5.79. The quantitative estimate of drug-likeness (QED) is 0.742. The van der Waals surface area contributed by atoms with Crippen molar-refractivity contribution in [1.29, 1.82) is 0 Å². The van der Waals surface area contributed by atoms with Gasteiger partial charge in [-0.15, -0.1) is 0 Å². The number of phenols is 1. The van der Waals surface area contributed by atoms with Crippen molar-refractivity contribution in [1.82, 2.24) is 20.0 Å². The predicted molar refractivity (Wildman–Crippen MR) is 66.3 cm³/mol. The van der Waals surface area contributed by atoms with E-state index in [0.717, 1.165) is 5.69 Å². The van der Waals surface area contributed by atoms with Crippen LogP contribution in [0.1, 0.15) is 0 Å². The lowest BCUT2D eigenvalue weighted by Gasteiger charge is -2.04. The highest BCUT2D eigenvalue weighted by Crippen LogP contribution is 2.26. The van der Waals surface area contributed by atoms with Gasteiger partial charge >= 0.3 is 0 Å². The minimum atomic E-state index is 0.218. The third kappa shape index (κ3) is 1.82. The largest absolute Gasteiger partial charge is 0.507 e. The first kappa shape index (κ1) is 10.5. The molecule has 18 heavy (non-hydrogen) atoms. The van der Waals surface area contributed by atoms with Gasteiger partial charge in [0, 0.05) is 5.56 Å². The molecule has 0 atom stereocenters. The van der Waals surface area contributed by atoms with Crippen LogP contribution in [0.2, 0.25) is 0 Å². The number of para-hydroxylation sites is 1. The monoisotopic (exact) mass is 238 g/mol. The van der Waals surface area contributed by atoms with Crippen LogP contribution in [0.25, 0.3) is 16.9 Å². The maximum absolute atomic E-state index is 9.75. The van der Waals surface area contributed by atoms with Gasteiger partial charge in [0.15, 0.2) is 0 Å². The van der Waals surface area contributed by atoms with Crippen molar-refractivity contribution >= 4 is 0 Å². The molecule has 0 radical (unpaired) electrons. The SMILES string of the molecule is Oc1ccccc1-c1ccc(-n2nccn2)cn1. The molecule has 0 fully saturated rings. The van der Waals surface area contributed by atoms with Gasteiger partial charge in [0.05, 0.1) is 24.3 Å². The van der Waals surface area contributed by atoms with Gasteiger partial charge in [-0.25, -0.2) is 0 Å². The molecule has 0 saturated carbocycles. The van der Waals surface area contributed by atoms with E-state index in [1.807, 2.05) is 24.3 Å². The zero-order valence-electron chi connectivity index (χ0n) is 9.43. The average molecular weight is 238 g/mol. The Hall–Kier alpha value is -2.69. The van der Waals surface area contributed by atoms with Crippen LogP contribution >= 0.6 is 0 Å². The highest BCUT2D eigenvalue weighted by molar-refractivity contribution is 5.66. The predicted octanol–water partition coefficient (Wildman–Crippen LogP) is 2.03. The van der Waals surface area contributed by atoms with E-state index in [1.165, 1.54) is 4.80 Å². The minimum absolute atomic E-state index is 0.218. The average Bonchev–Trinajstić information content (AvgIpc) is 2.94. The third-order valence-electron chi connectivity index (χ3n) is 2.58. The van der Waals surface area contributed by atoms with E-state index in [0.29, 0.717) is 11.3 Å². The second-order valence-electron chi connectivity index (χ2n) is 3.74. The van der Waals surface area contributed by atoms with Gasteiger partial charge in [0.2, 0.25) is 0 Å². The van der Waals surface area contributed by atoms with Gasteiger partial charge in [0.25, 0.3) is 0 Å². The molecule has 0 unspecified atom stereocenters. The standard InChI is InChI=1S/C13H10N4O/c18-13-4-2-1-3-11(13)12-6-5-10(9-14-12)17-15-7-8-16-17/h1-9,18H. The Morgan fingerprint density at radius 1 is 0.944 bits per heavy atom. The Balaban J connectivity index is 1.99. The Morgan fingerprint density at radius 3 is 2.39 bits per heavy atom. The summed E-state index contributed by atoms with van der Waals surface area (Å²) >= 11 is 0. The lowest BCUT2D eigenvalue weighted by Crippen LogP contribution is -1.99. The van der Waals surface area contributed by atoms with Crippen LogP contribution in [0, 0.1) is 0 Å². The van der Waals surface area contributed by atoms with Crippen molar-refractivity contribution in [3.63, 3.8) is 0 Å². The van der Waals surface area contributed by atoms with Crippen molar-refractivity contribution in [2.75, 3.05) is 0 Å². The van der Waals surface area contributed by atoms with E-state index >= 15 is 0 Å². The van der Waals surface area contributed by atoms with E-state index in [4.69, 9.17) is 0 Å². The van der Waals surface area contributed by atoms with Gasteiger partial charge in [-0.1, -0.05) is 12.1 Å². The number of benzene rings is 1. The molecule has 88 valence electrons. The molecule has 1 N–H and O–H groups in total. The molecule has 0 aliphatic carbocycles. The molecule has 0 saturated heterocycles. The van der Waals surface area contributed by atoms with Crippen molar-refractivity contribution < 1.29 is 5.11 Å². The Morgan fingerprint density at radius 2 is 1.72 bits per heavy atom. The molecule has 0 bridgehead atoms. The Labute approximate surface area is 103 Å². The highest BCUT2D eigenvalue weighted by Gasteiger charge is 2.05. The molecule has 0 amide bonds. The third-order valence-corrected chi connectivity index (χ3v) is 2.58. The normalized spacial score (nSPS) is 10.4. The van der Waals surface area contributed by atoms with E-state index in [9.17, 15) is 5.11 Å². The van der Waals surface area contributed by atoms with E-state index in [-0.39, 0.29) is 5.75 Å². The maximum atomic E-state index is 9.75. The van der Waals surface area contributed by atoms with E-state index in [2.05, 4.69) is 15.2 Å². The highest BCUT2D eigenvalue weighted by atomic mass is 16.3. The van der Waals surface area contributed by atoms with Crippen LogP contribution in [0.3, 0.4) is 0 Å². The van der Waals surface area contributed by atoms with Crippen LogP contribution in [0.4, 0.5) is 0 Å². The van der Waals surface area contributed by atoms with Gasteiger partial charge < -0.3 is 5.11 Å². The molecule has 5 heteroatoms. The lowest BCUT2D eigenvalue weighted by atomic mass is 10.1. The van der Waals surface area contributed by atoms with Crippen LogP contribution in [0.15, 0.2) is 55.0 Å². The second-order valence-corrected chi connectivity index (χ2v) is 3.74. The molecule has 0 spiro atoms. The molecule has 5 nitrogen and oxygen atoms in total. The molecule has 0 aliphatic rings. The summed E-state index contributed by atoms with van der Waals surface area (Å²) in [5.74, 6) is 0.218.